The van der Waals surface area contributed by atoms with Crippen molar-refractivity contribution in [2.24, 2.45) is 0 Å². The van der Waals surface area contributed by atoms with Crippen LogP contribution in [0.5, 0.6) is 0 Å². The molecule has 2 aromatic carbocycles. The molecule has 142 valence electrons. The highest BCUT2D eigenvalue weighted by molar-refractivity contribution is 8.16. The molecular formula is C15H11Cl2F4NO2S2. The Morgan fingerprint density at radius 1 is 0.923 bits per heavy atom. The summed E-state index contributed by atoms with van der Waals surface area (Å²) in [4.78, 5) is 0. The fourth-order valence-electron chi connectivity index (χ4n) is 2.09. The summed E-state index contributed by atoms with van der Waals surface area (Å²) in [6, 6.07) is 11.4. The molecule has 11 heteroatoms. The molecule has 0 amide bonds. The van der Waals surface area contributed by atoms with Crippen LogP contribution in [0.1, 0.15) is 11.1 Å². The number of rotatable bonds is 6. The zero-order chi connectivity index (χ0) is 19.6. The first-order valence-corrected chi connectivity index (χ1v) is 10.0. The number of sulfonamides is 1. The van der Waals surface area contributed by atoms with E-state index in [2.05, 4.69) is 0 Å². The molecular weight excluding hydrogens is 437 g/mol. The lowest BCUT2D eigenvalue weighted by Gasteiger charge is -2.25. The van der Waals surface area contributed by atoms with Crippen molar-refractivity contribution in [2.45, 2.75) is 15.8 Å². The van der Waals surface area contributed by atoms with Gasteiger partial charge in [-0.1, -0.05) is 59.6 Å². The Labute approximate surface area is 162 Å². The Bertz CT molecular complexity index is 856. The number of alkyl halides is 6. The summed E-state index contributed by atoms with van der Waals surface area (Å²) in [5.41, 5.74) is -1.58. The molecule has 2 rings (SSSR count). The van der Waals surface area contributed by atoms with E-state index in [1.807, 2.05) is 0 Å². The Morgan fingerprint density at radius 3 is 2.00 bits per heavy atom. The van der Waals surface area contributed by atoms with Crippen LogP contribution in [-0.2, 0) is 22.0 Å². The van der Waals surface area contributed by atoms with E-state index >= 15 is 0 Å². The quantitative estimate of drug-likeness (QED) is 0.321. The van der Waals surface area contributed by atoms with E-state index < -0.39 is 37.0 Å². The number of para-hydroxylation sites is 1. The Morgan fingerprint density at radius 2 is 1.46 bits per heavy atom. The highest BCUT2D eigenvalue weighted by atomic mass is 35.5. The normalized spacial score (nSPS) is 12.8. The highest BCUT2D eigenvalue weighted by Gasteiger charge is 2.38. The smallest absolute Gasteiger partial charge is 0.206 e. The van der Waals surface area contributed by atoms with Crippen molar-refractivity contribution in [1.82, 2.24) is 0 Å². The van der Waals surface area contributed by atoms with Gasteiger partial charge in [0, 0.05) is 11.9 Å². The number of hydrogen-bond acceptors (Lipinski definition) is 3. The van der Waals surface area contributed by atoms with Gasteiger partial charge >= 0.3 is 10.1 Å². The van der Waals surface area contributed by atoms with Crippen molar-refractivity contribution in [1.29, 1.82) is 0 Å². The Balaban J connectivity index is 2.46. The Hall–Kier alpha value is -1.16. The monoisotopic (exact) mass is 447 g/mol. The molecule has 2 aromatic rings. The molecule has 0 aromatic heterocycles. The molecule has 0 aliphatic heterocycles. The third-order valence-electron chi connectivity index (χ3n) is 3.07. The van der Waals surface area contributed by atoms with Crippen LogP contribution >= 0.6 is 35.1 Å². The van der Waals surface area contributed by atoms with Gasteiger partial charge in [0.1, 0.15) is 0 Å². The highest BCUT2D eigenvalue weighted by Crippen LogP contribution is 2.43. The first-order chi connectivity index (χ1) is 11.9. The molecule has 0 radical (unpaired) electrons. The zero-order valence-electron chi connectivity index (χ0n) is 12.8. The summed E-state index contributed by atoms with van der Waals surface area (Å²) in [6.07, 6.45) is -4.74. The van der Waals surface area contributed by atoms with Gasteiger partial charge in [0.15, 0.2) is 0 Å². The summed E-state index contributed by atoms with van der Waals surface area (Å²) in [6.45, 7) is 0. The van der Waals surface area contributed by atoms with E-state index in [4.69, 9.17) is 23.2 Å². The number of nitrogens with zero attached hydrogens (tertiary/aromatic N) is 1. The van der Waals surface area contributed by atoms with E-state index in [-0.39, 0.29) is 17.6 Å². The standard InChI is InChI=1S/C15H11Cl2F4NO2S2/c16-15(17,21)25-22(12-7-2-1-3-8-12)26(23,24)10-11-6-4-5-9-13(11)14(18,19)20/h1-9H,10H2. The molecule has 26 heavy (non-hydrogen) atoms. The molecule has 0 aliphatic rings. The van der Waals surface area contributed by atoms with Gasteiger partial charge in [0.05, 0.1) is 17.0 Å². The second kappa shape index (κ2) is 7.84. The predicted octanol–water partition coefficient (Wildman–Crippen LogP) is 5.75. The van der Waals surface area contributed by atoms with Gasteiger partial charge in [-0.25, -0.2) is 12.1 Å². The van der Waals surface area contributed by atoms with Crippen molar-refractivity contribution >= 4 is 50.9 Å². The van der Waals surface area contributed by atoms with E-state index in [0.29, 0.717) is 3.71 Å². The van der Waals surface area contributed by atoms with Crippen LogP contribution in [0.15, 0.2) is 54.6 Å². The van der Waals surface area contributed by atoms with Gasteiger partial charge in [0.2, 0.25) is 10.0 Å². The van der Waals surface area contributed by atoms with E-state index in [9.17, 15) is 26.0 Å². The van der Waals surface area contributed by atoms with Crippen LogP contribution in [0.2, 0.25) is 0 Å². The molecule has 0 spiro atoms. The number of anilines is 1. The fourth-order valence-corrected chi connectivity index (χ4v) is 5.29. The number of hydrogen-bond donors (Lipinski definition) is 0. The van der Waals surface area contributed by atoms with Crippen molar-refractivity contribution < 1.29 is 26.0 Å². The van der Waals surface area contributed by atoms with Crippen LogP contribution in [0.4, 0.5) is 23.2 Å². The first-order valence-electron chi connectivity index (χ1n) is 6.89. The van der Waals surface area contributed by atoms with Crippen LogP contribution in [0.25, 0.3) is 0 Å². The summed E-state index contributed by atoms with van der Waals surface area (Å²) < 4.78 is 75.9. The van der Waals surface area contributed by atoms with Gasteiger partial charge in [-0.2, -0.15) is 17.6 Å². The minimum atomic E-state index is -4.74. The summed E-state index contributed by atoms with van der Waals surface area (Å²) >= 11 is 10.5. The lowest BCUT2D eigenvalue weighted by Crippen LogP contribution is -2.29. The molecule has 0 unspecified atom stereocenters. The molecule has 0 saturated heterocycles. The van der Waals surface area contributed by atoms with Crippen molar-refractivity contribution in [3.63, 3.8) is 0 Å². The molecule has 0 fully saturated rings. The van der Waals surface area contributed by atoms with Crippen LogP contribution in [0.3, 0.4) is 0 Å². The predicted molar refractivity (Wildman–Crippen MR) is 96.1 cm³/mol. The average Bonchev–Trinajstić information content (AvgIpc) is 2.51. The van der Waals surface area contributed by atoms with Gasteiger partial charge in [-0.3, -0.25) is 0 Å². The average molecular weight is 448 g/mol. The van der Waals surface area contributed by atoms with Gasteiger partial charge < -0.3 is 0 Å². The van der Waals surface area contributed by atoms with E-state index in [1.54, 1.807) is 6.07 Å². The minimum Gasteiger partial charge on any atom is -0.206 e. The number of halogens is 6. The van der Waals surface area contributed by atoms with Crippen LogP contribution in [0, 0.1) is 0 Å². The zero-order valence-corrected chi connectivity index (χ0v) is 15.9. The molecule has 0 saturated carbocycles. The maximum absolute atomic E-state index is 13.7. The van der Waals surface area contributed by atoms with Gasteiger partial charge in [-0.15, -0.1) is 0 Å². The molecule has 0 N–H and O–H groups in total. The molecule has 0 atom stereocenters. The minimum absolute atomic E-state index is 0.00897. The SMILES string of the molecule is O=S(=O)(Cc1ccccc1C(F)(F)F)N(SC(F)(Cl)Cl)c1ccccc1. The second-order valence-corrected chi connectivity index (χ2v) is 9.85. The first kappa shape index (κ1) is 21.1. The molecule has 0 heterocycles. The van der Waals surface area contributed by atoms with E-state index in [1.165, 1.54) is 30.3 Å². The fraction of sp³-hybridized carbons (Fsp3) is 0.200. The lowest BCUT2D eigenvalue weighted by molar-refractivity contribution is -0.138. The van der Waals surface area contributed by atoms with Crippen LogP contribution in [-0.4, -0.2) is 12.3 Å². The molecule has 3 nitrogen and oxygen atoms in total. The topological polar surface area (TPSA) is 37.4 Å². The summed E-state index contributed by atoms with van der Waals surface area (Å²) in [7, 11) is -4.46. The summed E-state index contributed by atoms with van der Waals surface area (Å²) in [5, 5.41) is 0. The van der Waals surface area contributed by atoms with Crippen molar-refractivity contribution in [3.05, 3.63) is 65.7 Å². The Kier molecular flexibility index (Phi) is 6.37. The van der Waals surface area contributed by atoms with Crippen molar-refractivity contribution in [3.8, 4) is 0 Å². The van der Waals surface area contributed by atoms with Crippen molar-refractivity contribution in [2.75, 3.05) is 3.71 Å². The van der Waals surface area contributed by atoms with E-state index in [0.717, 1.165) is 18.2 Å². The maximum Gasteiger partial charge on any atom is 0.416 e. The van der Waals surface area contributed by atoms with Crippen LogP contribution < -0.4 is 3.71 Å². The largest absolute Gasteiger partial charge is 0.416 e. The van der Waals surface area contributed by atoms with Gasteiger partial charge in [0.25, 0.3) is 0 Å². The third-order valence-corrected chi connectivity index (χ3v) is 6.36. The molecule has 0 aliphatic carbocycles. The lowest BCUT2D eigenvalue weighted by atomic mass is 10.1. The maximum atomic E-state index is 13.7. The molecule has 0 bridgehead atoms. The second-order valence-electron chi connectivity index (χ2n) is 5.01. The van der Waals surface area contributed by atoms with Gasteiger partial charge in [-0.05, 0) is 23.8 Å². The summed E-state index contributed by atoms with van der Waals surface area (Å²) in [5.74, 6) is -1.02. The third kappa shape index (κ3) is 5.67. The number of benzene rings is 2.